The summed E-state index contributed by atoms with van der Waals surface area (Å²) in [5, 5.41) is 8.95. The molecule has 0 fully saturated rings. The fraction of sp³-hybridized carbons (Fsp3) is 0.345. The lowest BCUT2D eigenvalue weighted by Crippen LogP contribution is -2.30. The summed E-state index contributed by atoms with van der Waals surface area (Å²) in [6, 6.07) is 8.75. The molecule has 0 saturated heterocycles. The topological polar surface area (TPSA) is 64.0 Å². The van der Waals surface area contributed by atoms with Crippen molar-refractivity contribution in [3.05, 3.63) is 99.8 Å². The lowest BCUT2D eigenvalue weighted by atomic mass is 10.0. The largest absolute Gasteiger partial charge is 0.367 e. The fourth-order valence-electron chi connectivity index (χ4n) is 3.79. The van der Waals surface area contributed by atoms with Crippen LogP contribution < -0.4 is 5.32 Å². The number of hydrogen-bond acceptors (Lipinski definition) is 4. The summed E-state index contributed by atoms with van der Waals surface area (Å²) < 4.78 is 24.6. The Morgan fingerprint density at radius 3 is 2.41 bits per heavy atom. The number of rotatable bonds is 10. The van der Waals surface area contributed by atoms with Gasteiger partial charge in [-0.15, -0.1) is 0 Å². The van der Waals surface area contributed by atoms with Crippen molar-refractivity contribution in [2.45, 2.75) is 63.8 Å². The number of hydrogen-bond donors (Lipinski definition) is 1. The Balaban J connectivity index is 0.000000402. The van der Waals surface area contributed by atoms with Crippen molar-refractivity contribution in [3.8, 4) is 0 Å². The number of halogens is 2. The maximum Gasteiger partial charge on any atom is 0.175 e. The van der Waals surface area contributed by atoms with E-state index in [2.05, 4.69) is 65.0 Å². The van der Waals surface area contributed by atoms with Crippen LogP contribution in [0.4, 0.5) is 0 Å². The molecule has 1 N–H and O–H groups in total. The lowest BCUT2D eigenvalue weighted by molar-refractivity contribution is 0.489. The van der Waals surface area contributed by atoms with Crippen LogP contribution in [0.25, 0.3) is 5.82 Å². The van der Waals surface area contributed by atoms with Crippen LogP contribution in [0.5, 0.6) is 0 Å². The maximum absolute atomic E-state index is 10.8. The van der Waals surface area contributed by atoms with Gasteiger partial charge in [0.2, 0.25) is 0 Å². The Hall–Kier alpha value is -2.35. The predicted molar refractivity (Wildman–Crippen MR) is 160 cm³/mol. The van der Waals surface area contributed by atoms with Gasteiger partial charge in [-0.2, -0.15) is 5.10 Å². The molecule has 0 amide bonds. The molecule has 0 spiro atoms. The molecule has 1 aromatic carbocycles. The quantitative estimate of drug-likeness (QED) is 0.279. The highest BCUT2D eigenvalue weighted by atomic mass is 79.9. The molecule has 1 aliphatic rings. The third-order valence-electron chi connectivity index (χ3n) is 5.73. The Kier molecular flexibility index (Phi) is 12.6. The summed E-state index contributed by atoms with van der Waals surface area (Å²) in [7, 11) is -3.00. The molecule has 1 aromatic heterocycles. The molecule has 8 heteroatoms. The van der Waals surface area contributed by atoms with E-state index in [0.717, 1.165) is 59.2 Å². The molecule has 3 rings (SSSR count). The van der Waals surface area contributed by atoms with E-state index in [1.54, 1.807) is 30.3 Å². The van der Waals surface area contributed by atoms with Gasteiger partial charge in [0.25, 0.3) is 0 Å². The average Bonchev–Trinajstić information content (AvgIpc) is 3.04. The molecule has 1 heterocycles. The Morgan fingerprint density at radius 1 is 1.24 bits per heavy atom. The number of nitrogens with zero attached hydrogens (tertiary/aromatic N) is 2. The van der Waals surface area contributed by atoms with Gasteiger partial charge in [0, 0.05) is 17.3 Å². The van der Waals surface area contributed by atoms with E-state index in [-0.39, 0.29) is 0 Å². The summed E-state index contributed by atoms with van der Waals surface area (Å²) in [5.74, 6) is 0.928. The van der Waals surface area contributed by atoms with Gasteiger partial charge in [0.1, 0.15) is 5.82 Å². The van der Waals surface area contributed by atoms with Crippen LogP contribution in [0.2, 0.25) is 0 Å². The second kappa shape index (κ2) is 15.2. The molecule has 0 bridgehead atoms. The van der Waals surface area contributed by atoms with Crippen molar-refractivity contribution in [1.29, 1.82) is 0 Å². The molecule has 200 valence electrons. The minimum absolute atomic E-state index is 0.370. The third-order valence-corrected chi connectivity index (χ3v) is 7.96. The van der Waals surface area contributed by atoms with Crippen LogP contribution in [0, 0.1) is 6.92 Å². The molecule has 0 aliphatic heterocycles. The van der Waals surface area contributed by atoms with E-state index in [9.17, 15) is 8.42 Å². The zero-order valence-electron chi connectivity index (χ0n) is 22.0. The predicted octanol–water partition coefficient (Wildman–Crippen LogP) is 7.97. The second-order valence-electron chi connectivity index (χ2n) is 8.84. The van der Waals surface area contributed by atoms with Crippen LogP contribution in [-0.2, 0) is 9.84 Å². The highest BCUT2D eigenvalue weighted by molar-refractivity contribution is 9.10. The Morgan fingerprint density at radius 2 is 1.89 bits per heavy atom. The van der Waals surface area contributed by atoms with Crippen molar-refractivity contribution < 1.29 is 8.42 Å². The SMILES string of the molecule is C=C(/C=C(/NC(CCC)CCC)n1ncc(Br)c1C)C1=CCC=CC=C1Cl.CS(=O)(=O)c1ccccc1. The van der Waals surface area contributed by atoms with Crippen molar-refractivity contribution in [1.82, 2.24) is 15.1 Å². The molecule has 0 unspecified atom stereocenters. The van der Waals surface area contributed by atoms with Crippen molar-refractivity contribution >= 4 is 43.2 Å². The standard InChI is InChI=1S/C22H29BrClN3.C7H8O2S/c1-5-10-18(11-6-2)26-22(27-17(4)20(23)15-25-27)14-16(3)19-12-8-7-9-13-21(19)24;1-10(8,9)7-5-3-2-4-6-7/h7,9,12-15,18,26H,3,5-6,8,10-11H2,1-2,4H3;2-6H,1H3/b22-14-;. The average molecular weight is 607 g/mol. The Bertz CT molecular complexity index is 1270. The first kappa shape index (κ1) is 30.9. The van der Waals surface area contributed by atoms with E-state index in [4.69, 9.17) is 11.6 Å². The van der Waals surface area contributed by atoms with Gasteiger partial charge in [0.05, 0.1) is 21.3 Å². The van der Waals surface area contributed by atoms with Gasteiger partial charge in [-0.05, 0) is 77.5 Å². The van der Waals surface area contributed by atoms with Gasteiger partial charge >= 0.3 is 0 Å². The monoisotopic (exact) mass is 605 g/mol. The van der Waals surface area contributed by atoms with Crippen molar-refractivity contribution in [2.75, 3.05) is 6.26 Å². The molecule has 0 radical (unpaired) electrons. The smallest absolute Gasteiger partial charge is 0.175 e. The van der Waals surface area contributed by atoms with E-state index in [1.165, 1.54) is 6.26 Å². The zero-order valence-corrected chi connectivity index (χ0v) is 25.2. The molecule has 0 atom stereocenters. The van der Waals surface area contributed by atoms with E-state index >= 15 is 0 Å². The van der Waals surface area contributed by atoms with Crippen LogP contribution in [0.3, 0.4) is 0 Å². The first-order chi connectivity index (χ1) is 17.6. The third kappa shape index (κ3) is 9.80. The van der Waals surface area contributed by atoms with E-state index < -0.39 is 9.84 Å². The summed E-state index contributed by atoms with van der Waals surface area (Å²) in [4.78, 5) is 0.370. The van der Waals surface area contributed by atoms with E-state index in [1.807, 2.05) is 30.0 Å². The van der Waals surface area contributed by atoms with E-state index in [0.29, 0.717) is 16.0 Å². The zero-order chi connectivity index (χ0) is 27.4. The molecule has 1 aliphatic carbocycles. The van der Waals surface area contributed by atoms with Crippen molar-refractivity contribution in [3.63, 3.8) is 0 Å². The molecular formula is C29H37BrClN3O2S. The number of sulfone groups is 1. The van der Waals surface area contributed by atoms with Crippen molar-refractivity contribution in [2.24, 2.45) is 0 Å². The highest BCUT2D eigenvalue weighted by Crippen LogP contribution is 2.27. The van der Waals surface area contributed by atoms with Gasteiger partial charge in [-0.1, -0.05) is 81.3 Å². The fourth-order valence-corrected chi connectivity index (χ4v) is 4.97. The van der Waals surface area contributed by atoms with Crippen LogP contribution in [0.15, 0.2) is 99.0 Å². The Labute approximate surface area is 235 Å². The normalized spacial score (nSPS) is 13.9. The lowest BCUT2D eigenvalue weighted by Gasteiger charge is -2.22. The number of nitrogens with one attached hydrogen (secondary N) is 1. The molecular weight excluding hydrogens is 570 g/mol. The van der Waals surface area contributed by atoms with Crippen LogP contribution in [-0.4, -0.2) is 30.5 Å². The number of aromatic nitrogens is 2. The van der Waals surface area contributed by atoms with Crippen LogP contribution in [0.1, 0.15) is 51.6 Å². The minimum atomic E-state index is -3.00. The number of benzene rings is 1. The summed E-state index contributed by atoms with van der Waals surface area (Å²) in [5.41, 5.74) is 2.89. The summed E-state index contributed by atoms with van der Waals surface area (Å²) in [6.07, 6.45) is 18.5. The first-order valence-electron chi connectivity index (χ1n) is 12.4. The van der Waals surface area contributed by atoms with Gasteiger partial charge < -0.3 is 5.32 Å². The van der Waals surface area contributed by atoms with Crippen LogP contribution >= 0.6 is 27.5 Å². The molecule has 2 aromatic rings. The first-order valence-corrected chi connectivity index (χ1v) is 15.5. The second-order valence-corrected chi connectivity index (χ2v) is 12.1. The summed E-state index contributed by atoms with van der Waals surface area (Å²) >= 11 is 10.0. The highest BCUT2D eigenvalue weighted by Gasteiger charge is 2.15. The minimum Gasteiger partial charge on any atom is -0.367 e. The number of allylic oxidation sites excluding steroid dienone is 8. The molecule has 37 heavy (non-hydrogen) atoms. The van der Waals surface area contributed by atoms with Gasteiger partial charge in [-0.25, -0.2) is 13.1 Å². The van der Waals surface area contributed by atoms with Gasteiger partial charge in [-0.3, -0.25) is 0 Å². The molecule has 0 saturated carbocycles. The maximum atomic E-state index is 10.8. The van der Waals surface area contributed by atoms with Gasteiger partial charge in [0.15, 0.2) is 9.84 Å². The summed E-state index contributed by atoms with van der Waals surface area (Å²) in [6.45, 7) is 10.8. The molecule has 5 nitrogen and oxygen atoms in total.